The van der Waals surface area contributed by atoms with E-state index in [9.17, 15) is 9.59 Å². The number of thiophene rings is 1. The third-order valence-electron chi connectivity index (χ3n) is 5.92. The zero-order valence-electron chi connectivity index (χ0n) is 20.3. The lowest BCUT2D eigenvalue weighted by Gasteiger charge is -2.18. The van der Waals surface area contributed by atoms with Crippen LogP contribution in [0.2, 0.25) is 10.0 Å². The minimum atomic E-state index is -0.438. The smallest absolute Gasteiger partial charge is 0.341 e. The molecule has 2 aromatic heterocycles. The van der Waals surface area contributed by atoms with Crippen LogP contribution < -0.4 is 10.1 Å². The normalized spacial score (nSPS) is 15.8. The van der Waals surface area contributed by atoms with Gasteiger partial charge in [0.1, 0.15) is 10.8 Å². The highest BCUT2D eigenvalue weighted by Gasteiger charge is 2.29. The van der Waals surface area contributed by atoms with Gasteiger partial charge in [0.15, 0.2) is 17.1 Å². The fourth-order valence-corrected chi connectivity index (χ4v) is 6.66. The third kappa shape index (κ3) is 5.82. The predicted molar refractivity (Wildman–Crippen MR) is 143 cm³/mol. The molecule has 3 aromatic rings. The summed E-state index contributed by atoms with van der Waals surface area (Å²) in [5.74, 6) is 1.06. The second kappa shape index (κ2) is 11.4. The lowest BCUT2D eigenvalue weighted by atomic mass is 9.88. The van der Waals surface area contributed by atoms with Crippen LogP contribution in [0.5, 0.6) is 5.75 Å². The number of hydrogen-bond donors (Lipinski definition) is 1. The molecule has 2 atom stereocenters. The molecule has 2 unspecified atom stereocenters. The van der Waals surface area contributed by atoms with Gasteiger partial charge in [-0.1, -0.05) is 41.9 Å². The molecule has 192 valence electrons. The number of fused-ring (bicyclic) bond motifs is 1. The molecule has 1 amide bonds. The fourth-order valence-electron chi connectivity index (χ4n) is 4.07. The summed E-state index contributed by atoms with van der Waals surface area (Å²) >= 11 is 14.9. The molecule has 1 aliphatic carbocycles. The highest BCUT2D eigenvalue weighted by Crippen LogP contribution is 2.40. The summed E-state index contributed by atoms with van der Waals surface area (Å²) in [5, 5.41) is 13.4. The minimum absolute atomic E-state index is 0.101. The Morgan fingerprint density at radius 2 is 2.11 bits per heavy atom. The molecular formula is C24H26Cl2N4O4S2. The van der Waals surface area contributed by atoms with Gasteiger partial charge in [0.25, 0.3) is 0 Å². The minimum Gasteiger partial charge on any atom is -0.481 e. The lowest BCUT2D eigenvalue weighted by molar-refractivity contribution is -0.113. The van der Waals surface area contributed by atoms with E-state index in [0.717, 1.165) is 29.7 Å². The van der Waals surface area contributed by atoms with Crippen LogP contribution in [0.15, 0.2) is 23.4 Å². The number of amides is 1. The van der Waals surface area contributed by atoms with Crippen molar-refractivity contribution in [3.63, 3.8) is 0 Å². The Bertz CT molecular complexity index is 1290. The number of nitrogens with one attached hydrogen (secondary N) is 1. The van der Waals surface area contributed by atoms with E-state index < -0.39 is 12.1 Å². The van der Waals surface area contributed by atoms with Crippen LogP contribution in [0.25, 0.3) is 0 Å². The standard InChI is InChI=1S/C24H26Cl2N4O4S2/c1-12-5-7-15-18(9-12)36-22(20(15)23(32)33-4)27-19(31)11-35-24-29-28-21(30(24)3)13(2)34-17-8-6-14(25)10-16(17)26/h6,8,10,12-13H,5,7,9,11H2,1-4H3,(H,27,31). The first-order valence-corrected chi connectivity index (χ1v) is 13.9. The average Bonchev–Trinajstić information content (AvgIpc) is 3.38. The molecule has 0 spiro atoms. The van der Waals surface area contributed by atoms with Crippen LogP contribution in [0, 0.1) is 5.92 Å². The molecule has 12 heteroatoms. The monoisotopic (exact) mass is 568 g/mol. The van der Waals surface area contributed by atoms with Crippen LogP contribution in [0.4, 0.5) is 5.00 Å². The van der Waals surface area contributed by atoms with Gasteiger partial charge in [-0.05, 0) is 55.9 Å². The maximum atomic E-state index is 12.8. The van der Waals surface area contributed by atoms with E-state index in [4.69, 9.17) is 32.7 Å². The van der Waals surface area contributed by atoms with Crippen molar-refractivity contribution in [2.24, 2.45) is 13.0 Å². The molecule has 0 aliphatic heterocycles. The van der Waals surface area contributed by atoms with Crippen molar-refractivity contribution in [2.45, 2.75) is 44.4 Å². The van der Waals surface area contributed by atoms with E-state index >= 15 is 0 Å². The Morgan fingerprint density at radius 1 is 1.33 bits per heavy atom. The van der Waals surface area contributed by atoms with Crippen molar-refractivity contribution in [2.75, 3.05) is 18.2 Å². The fraction of sp³-hybridized carbons (Fsp3) is 0.417. The van der Waals surface area contributed by atoms with Crippen LogP contribution in [0.3, 0.4) is 0 Å². The van der Waals surface area contributed by atoms with Crippen LogP contribution in [-0.2, 0) is 29.4 Å². The summed E-state index contributed by atoms with van der Waals surface area (Å²) in [7, 11) is 3.17. The van der Waals surface area contributed by atoms with Crippen molar-refractivity contribution in [3.8, 4) is 5.75 Å². The van der Waals surface area contributed by atoms with Gasteiger partial charge in [-0.2, -0.15) is 0 Å². The van der Waals surface area contributed by atoms with Crippen molar-refractivity contribution >= 4 is 63.2 Å². The quantitative estimate of drug-likeness (QED) is 0.264. The summed E-state index contributed by atoms with van der Waals surface area (Å²) in [5.41, 5.74) is 1.48. The molecule has 1 N–H and O–H groups in total. The number of methoxy groups -OCH3 is 1. The number of benzene rings is 1. The van der Waals surface area contributed by atoms with Gasteiger partial charge < -0.3 is 19.4 Å². The summed E-state index contributed by atoms with van der Waals surface area (Å²) in [6.07, 6.45) is 2.28. The van der Waals surface area contributed by atoms with Crippen molar-refractivity contribution in [1.82, 2.24) is 14.8 Å². The first-order chi connectivity index (χ1) is 17.2. The number of carbonyl (C=O) groups excluding carboxylic acids is 2. The zero-order valence-corrected chi connectivity index (χ0v) is 23.4. The number of aromatic nitrogens is 3. The van der Waals surface area contributed by atoms with Crippen LogP contribution in [-0.4, -0.2) is 39.5 Å². The van der Waals surface area contributed by atoms with Crippen molar-refractivity contribution < 1.29 is 19.1 Å². The maximum Gasteiger partial charge on any atom is 0.341 e. The van der Waals surface area contributed by atoms with Crippen LogP contribution in [0.1, 0.15) is 53.0 Å². The van der Waals surface area contributed by atoms with Gasteiger partial charge in [0.05, 0.1) is 23.4 Å². The molecule has 0 radical (unpaired) electrons. The number of carbonyl (C=O) groups is 2. The molecule has 8 nitrogen and oxygen atoms in total. The molecule has 1 aromatic carbocycles. The van der Waals surface area contributed by atoms with Crippen molar-refractivity contribution in [1.29, 1.82) is 0 Å². The van der Waals surface area contributed by atoms with Gasteiger partial charge in [0, 0.05) is 16.9 Å². The van der Waals surface area contributed by atoms with E-state index in [1.54, 1.807) is 22.8 Å². The predicted octanol–water partition coefficient (Wildman–Crippen LogP) is 5.97. The van der Waals surface area contributed by atoms with Gasteiger partial charge in [0.2, 0.25) is 5.91 Å². The third-order valence-corrected chi connectivity index (χ3v) is 8.64. The number of rotatable bonds is 8. The molecule has 36 heavy (non-hydrogen) atoms. The summed E-state index contributed by atoms with van der Waals surface area (Å²) in [6.45, 7) is 4.03. The Hall–Kier alpha value is -2.27. The number of esters is 1. The number of nitrogens with zero attached hydrogens (tertiary/aromatic N) is 3. The molecule has 0 bridgehead atoms. The van der Waals surface area contributed by atoms with Gasteiger partial charge >= 0.3 is 5.97 Å². The number of halogens is 2. The van der Waals surface area contributed by atoms with Gasteiger partial charge in [-0.15, -0.1) is 21.5 Å². The van der Waals surface area contributed by atoms with E-state index in [1.165, 1.54) is 30.2 Å². The number of ether oxygens (including phenoxy) is 2. The first kappa shape index (κ1) is 26.8. The van der Waals surface area contributed by atoms with Crippen molar-refractivity contribution in [3.05, 3.63) is 50.1 Å². The van der Waals surface area contributed by atoms with Crippen LogP contribution >= 0.6 is 46.3 Å². The second-order valence-corrected chi connectivity index (χ2v) is 11.5. The molecular weight excluding hydrogens is 543 g/mol. The topological polar surface area (TPSA) is 95.3 Å². The Labute approximate surface area is 227 Å². The molecule has 4 rings (SSSR count). The molecule has 0 saturated heterocycles. The molecule has 1 aliphatic rings. The van der Waals surface area contributed by atoms with E-state index in [-0.39, 0.29) is 11.7 Å². The SMILES string of the molecule is COC(=O)c1c(NC(=O)CSc2nnc(C(C)Oc3ccc(Cl)cc3Cl)n2C)sc2c1CCC(C)C2. The second-order valence-electron chi connectivity index (χ2n) is 8.62. The first-order valence-electron chi connectivity index (χ1n) is 11.3. The molecule has 2 heterocycles. The summed E-state index contributed by atoms with van der Waals surface area (Å²) in [4.78, 5) is 26.4. The highest BCUT2D eigenvalue weighted by molar-refractivity contribution is 7.99. The Morgan fingerprint density at radius 3 is 2.83 bits per heavy atom. The largest absolute Gasteiger partial charge is 0.481 e. The summed E-state index contributed by atoms with van der Waals surface area (Å²) in [6, 6.07) is 5.00. The van der Waals surface area contributed by atoms with Gasteiger partial charge in [-0.25, -0.2) is 4.79 Å². The Kier molecular flexibility index (Phi) is 8.49. The molecule has 0 saturated carbocycles. The van der Waals surface area contributed by atoms with E-state index in [1.807, 2.05) is 14.0 Å². The maximum absolute atomic E-state index is 12.8. The van der Waals surface area contributed by atoms with Gasteiger partial charge in [-0.3, -0.25) is 4.79 Å². The zero-order chi connectivity index (χ0) is 26.0. The average molecular weight is 570 g/mol. The highest BCUT2D eigenvalue weighted by atomic mass is 35.5. The molecule has 0 fully saturated rings. The number of anilines is 1. The Balaban J connectivity index is 1.41. The number of thioether (sulfide) groups is 1. The summed E-state index contributed by atoms with van der Waals surface area (Å²) < 4.78 is 12.7. The van der Waals surface area contributed by atoms with E-state index in [2.05, 4.69) is 22.4 Å². The lowest BCUT2D eigenvalue weighted by Crippen LogP contribution is -2.17. The van der Waals surface area contributed by atoms with E-state index in [0.29, 0.717) is 43.3 Å². The number of hydrogen-bond acceptors (Lipinski definition) is 8.